The number of nitrogens with one attached hydrogen (secondary N) is 1. The van der Waals surface area contributed by atoms with E-state index in [-0.39, 0.29) is 19.8 Å². The fourth-order valence-electron chi connectivity index (χ4n) is 1.34. The van der Waals surface area contributed by atoms with Gasteiger partial charge in [-0.15, -0.1) is 11.3 Å². The molecule has 2 N–H and O–H groups in total. The number of carbonyl (C=O) groups is 1. The summed E-state index contributed by atoms with van der Waals surface area (Å²) in [5.41, 5.74) is 0.735. The van der Waals surface area contributed by atoms with Crippen LogP contribution in [0.2, 0.25) is 0 Å². The molecular formula is C12H16N2O5S2. The van der Waals surface area contributed by atoms with E-state index in [2.05, 4.69) is 16.6 Å². The summed E-state index contributed by atoms with van der Waals surface area (Å²) in [5, 5.41) is 10.4. The van der Waals surface area contributed by atoms with Crippen LogP contribution in [-0.4, -0.2) is 44.2 Å². The van der Waals surface area contributed by atoms with Crippen molar-refractivity contribution in [3.05, 3.63) is 21.9 Å². The first kappa shape index (κ1) is 17.5. The van der Waals surface area contributed by atoms with Crippen molar-refractivity contribution in [2.75, 3.05) is 20.3 Å². The van der Waals surface area contributed by atoms with E-state index in [0.29, 0.717) is 0 Å². The van der Waals surface area contributed by atoms with E-state index in [1.165, 1.54) is 18.4 Å². The Morgan fingerprint density at radius 1 is 1.57 bits per heavy atom. The van der Waals surface area contributed by atoms with E-state index in [9.17, 15) is 13.2 Å². The zero-order valence-electron chi connectivity index (χ0n) is 11.6. The van der Waals surface area contributed by atoms with Gasteiger partial charge < -0.3 is 9.84 Å². The van der Waals surface area contributed by atoms with Crippen LogP contribution in [0.25, 0.3) is 0 Å². The van der Waals surface area contributed by atoms with Crippen LogP contribution in [0, 0.1) is 11.8 Å². The number of rotatable bonds is 5. The van der Waals surface area contributed by atoms with E-state index in [1.807, 2.05) is 0 Å². The van der Waals surface area contributed by atoms with Crippen LogP contribution in [0.1, 0.15) is 17.4 Å². The molecule has 0 aliphatic heterocycles. The Morgan fingerprint density at radius 3 is 2.90 bits per heavy atom. The van der Waals surface area contributed by atoms with Crippen molar-refractivity contribution < 1.29 is 23.1 Å². The first-order valence-electron chi connectivity index (χ1n) is 5.97. The van der Waals surface area contributed by atoms with Gasteiger partial charge in [-0.2, -0.15) is 12.7 Å². The van der Waals surface area contributed by atoms with Gasteiger partial charge in [0.2, 0.25) is 0 Å². The molecule has 0 aliphatic carbocycles. The summed E-state index contributed by atoms with van der Waals surface area (Å²) in [5.74, 6) is 5.25. The van der Waals surface area contributed by atoms with Crippen molar-refractivity contribution in [2.45, 2.75) is 13.5 Å². The summed E-state index contributed by atoms with van der Waals surface area (Å²) in [7, 11) is -2.60. The number of nitrogens with zero attached hydrogens (tertiary/aromatic N) is 1. The molecule has 1 aromatic heterocycles. The largest absolute Gasteiger partial charge is 0.449 e. The molecule has 0 spiro atoms. The normalized spacial score (nSPS) is 10.9. The smallest absolute Gasteiger partial charge is 0.421 e. The van der Waals surface area contributed by atoms with Gasteiger partial charge in [0.05, 0.1) is 11.5 Å². The van der Waals surface area contributed by atoms with Gasteiger partial charge in [0.25, 0.3) is 0 Å². The summed E-state index contributed by atoms with van der Waals surface area (Å²) < 4.78 is 31.0. The van der Waals surface area contributed by atoms with Gasteiger partial charge in [-0.05, 0) is 23.9 Å². The number of aliphatic hydroxyl groups excluding tert-OH is 1. The Labute approximate surface area is 127 Å². The molecule has 1 heterocycles. The molecule has 1 rings (SSSR count). The van der Waals surface area contributed by atoms with Crippen molar-refractivity contribution in [1.82, 2.24) is 9.03 Å². The van der Waals surface area contributed by atoms with Crippen LogP contribution >= 0.6 is 11.3 Å². The number of ether oxygens (including phenoxy) is 1. The third kappa shape index (κ3) is 5.73. The second-order valence-electron chi connectivity index (χ2n) is 3.86. The van der Waals surface area contributed by atoms with Crippen LogP contribution in [0.4, 0.5) is 4.79 Å². The first-order valence-corrected chi connectivity index (χ1v) is 8.29. The van der Waals surface area contributed by atoms with Gasteiger partial charge in [-0.1, -0.05) is 11.8 Å². The topological polar surface area (TPSA) is 95.9 Å². The van der Waals surface area contributed by atoms with Crippen molar-refractivity contribution in [3.63, 3.8) is 0 Å². The highest BCUT2D eigenvalue weighted by molar-refractivity contribution is 7.87. The summed E-state index contributed by atoms with van der Waals surface area (Å²) in [6.07, 6.45) is -1.01. The lowest BCUT2D eigenvalue weighted by Crippen LogP contribution is -2.41. The second-order valence-corrected chi connectivity index (χ2v) is 6.55. The molecule has 0 unspecified atom stereocenters. The quantitative estimate of drug-likeness (QED) is 0.766. The van der Waals surface area contributed by atoms with Gasteiger partial charge in [-0.3, -0.25) is 0 Å². The average molecular weight is 332 g/mol. The van der Waals surface area contributed by atoms with Crippen molar-refractivity contribution in [3.8, 4) is 11.8 Å². The molecule has 0 aliphatic rings. The van der Waals surface area contributed by atoms with Crippen LogP contribution in [0.3, 0.4) is 0 Å². The highest BCUT2D eigenvalue weighted by Crippen LogP contribution is 2.16. The highest BCUT2D eigenvalue weighted by atomic mass is 32.2. The number of aliphatic hydroxyl groups is 1. The van der Waals surface area contributed by atoms with Gasteiger partial charge >= 0.3 is 16.3 Å². The molecule has 1 amide bonds. The molecule has 0 aromatic carbocycles. The Kier molecular flexibility index (Phi) is 6.64. The van der Waals surface area contributed by atoms with Gasteiger partial charge in [0.1, 0.15) is 6.61 Å². The molecule has 0 atom stereocenters. The van der Waals surface area contributed by atoms with E-state index >= 15 is 0 Å². The van der Waals surface area contributed by atoms with E-state index < -0.39 is 16.3 Å². The minimum atomic E-state index is -3.95. The molecule has 21 heavy (non-hydrogen) atoms. The molecule has 7 nitrogen and oxygen atoms in total. The van der Waals surface area contributed by atoms with E-state index in [1.54, 1.807) is 23.1 Å². The SMILES string of the molecule is CCOC(=O)NS(=O)(=O)N(C)Cc1csc(C#CCO)c1. The third-order valence-corrected chi connectivity index (χ3v) is 4.52. The Morgan fingerprint density at radius 2 is 2.29 bits per heavy atom. The molecule has 0 saturated carbocycles. The molecule has 0 radical (unpaired) electrons. The van der Waals surface area contributed by atoms with E-state index in [4.69, 9.17) is 5.11 Å². The minimum absolute atomic E-state index is 0.0858. The predicted octanol–water partition coefficient (Wildman–Crippen LogP) is 0.515. The van der Waals surface area contributed by atoms with E-state index in [0.717, 1.165) is 14.7 Å². The number of amides is 1. The van der Waals surface area contributed by atoms with Crippen LogP contribution in [0.5, 0.6) is 0 Å². The zero-order chi connectivity index (χ0) is 15.9. The minimum Gasteiger partial charge on any atom is -0.449 e. The lowest BCUT2D eigenvalue weighted by atomic mass is 10.3. The zero-order valence-corrected chi connectivity index (χ0v) is 13.3. The third-order valence-electron chi connectivity index (χ3n) is 2.25. The fourth-order valence-corrected chi connectivity index (χ4v) is 2.85. The van der Waals surface area contributed by atoms with Crippen molar-refractivity contribution >= 4 is 27.6 Å². The number of hydrogen-bond acceptors (Lipinski definition) is 6. The standard InChI is InChI=1S/C12H16N2O5S2/c1-3-19-12(16)13-21(17,18)14(2)8-10-7-11(20-9-10)5-4-6-15/h7,9,15H,3,6,8H2,1-2H3,(H,13,16). The van der Waals surface area contributed by atoms with Gasteiger partial charge in [0.15, 0.2) is 0 Å². The summed E-state index contributed by atoms with van der Waals surface area (Å²) in [4.78, 5) is 11.9. The first-order chi connectivity index (χ1) is 9.89. The van der Waals surface area contributed by atoms with Crippen molar-refractivity contribution in [2.24, 2.45) is 0 Å². The number of carbonyl (C=O) groups excluding carboxylic acids is 1. The maximum atomic E-state index is 11.9. The van der Waals surface area contributed by atoms with Crippen LogP contribution in [-0.2, 0) is 21.5 Å². The molecule has 116 valence electrons. The summed E-state index contributed by atoms with van der Waals surface area (Å²) in [6.45, 7) is 1.52. The number of hydrogen-bond donors (Lipinski definition) is 2. The monoisotopic (exact) mass is 332 g/mol. The Balaban J connectivity index is 2.69. The Hall–Kier alpha value is -1.60. The maximum absolute atomic E-state index is 11.9. The second kappa shape index (κ2) is 7.99. The van der Waals surface area contributed by atoms with Crippen molar-refractivity contribution in [1.29, 1.82) is 0 Å². The molecular weight excluding hydrogens is 316 g/mol. The molecule has 0 fully saturated rings. The Bertz CT molecular complexity index is 642. The van der Waals surface area contributed by atoms with Gasteiger partial charge in [-0.25, -0.2) is 9.52 Å². The summed E-state index contributed by atoms with van der Waals surface area (Å²) >= 11 is 1.35. The maximum Gasteiger partial charge on any atom is 0.421 e. The molecule has 0 bridgehead atoms. The predicted molar refractivity (Wildman–Crippen MR) is 78.8 cm³/mol. The fraction of sp³-hybridized carbons (Fsp3) is 0.417. The lowest BCUT2D eigenvalue weighted by molar-refractivity contribution is 0.158. The van der Waals surface area contributed by atoms with Crippen LogP contribution in [0.15, 0.2) is 11.4 Å². The molecule has 9 heteroatoms. The summed E-state index contributed by atoms with van der Waals surface area (Å²) in [6, 6.07) is 1.73. The van der Waals surface area contributed by atoms with Crippen LogP contribution < -0.4 is 4.72 Å². The number of thiophene rings is 1. The average Bonchev–Trinajstić information content (AvgIpc) is 2.83. The van der Waals surface area contributed by atoms with Gasteiger partial charge in [0, 0.05) is 13.6 Å². The highest BCUT2D eigenvalue weighted by Gasteiger charge is 2.21. The lowest BCUT2D eigenvalue weighted by Gasteiger charge is -2.16. The molecule has 1 aromatic rings. The molecule has 0 saturated heterocycles.